The zero-order valence-corrected chi connectivity index (χ0v) is 12.3. The van der Waals surface area contributed by atoms with Gasteiger partial charge in [-0.3, -0.25) is 0 Å². The van der Waals surface area contributed by atoms with Crippen molar-refractivity contribution in [3.63, 3.8) is 0 Å². The minimum absolute atomic E-state index is 0.0403. The Morgan fingerprint density at radius 3 is 2.63 bits per heavy atom. The lowest BCUT2D eigenvalue weighted by atomic mass is 10.0. The zero-order chi connectivity index (χ0) is 14.0. The number of thiophene rings is 1. The number of hydrogen-bond donors (Lipinski definition) is 1. The molecule has 1 unspecified atom stereocenters. The van der Waals surface area contributed by atoms with E-state index in [-0.39, 0.29) is 5.75 Å². The molecular weight excluding hydrogens is 338 g/mol. The van der Waals surface area contributed by atoms with Gasteiger partial charge in [-0.05, 0) is 52.2 Å². The van der Waals surface area contributed by atoms with Crippen LogP contribution in [0.4, 0.5) is 8.78 Å². The second kappa shape index (κ2) is 5.98. The van der Waals surface area contributed by atoms with Gasteiger partial charge >= 0.3 is 6.61 Å². The molecule has 1 aromatic heterocycles. The second-order valence-corrected chi connectivity index (χ2v) is 6.55. The maximum Gasteiger partial charge on any atom is 0.387 e. The summed E-state index contributed by atoms with van der Waals surface area (Å²) < 4.78 is 29.5. The molecule has 0 spiro atoms. The van der Waals surface area contributed by atoms with Gasteiger partial charge < -0.3 is 9.84 Å². The molecule has 0 bridgehead atoms. The lowest BCUT2D eigenvalue weighted by molar-refractivity contribution is -0.0499. The number of halogens is 3. The molecule has 102 valence electrons. The average Bonchev–Trinajstić information content (AvgIpc) is 2.67. The topological polar surface area (TPSA) is 29.5 Å². The lowest BCUT2D eigenvalue weighted by Gasteiger charge is -2.12. The molecule has 0 fully saturated rings. The van der Waals surface area contributed by atoms with E-state index in [1.165, 1.54) is 23.5 Å². The van der Waals surface area contributed by atoms with Gasteiger partial charge in [-0.2, -0.15) is 8.78 Å². The first-order chi connectivity index (χ1) is 8.97. The van der Waals surface area contributed by atoms with Crippen LogP contribution in [-0.2, 0) is 0 Å². The molecule has 1 N–H and O–H groups in total. The van der Waals surface area contributed by atoms with Gasteiger partial charge in [-0.1, -0.05) is 12.1 Å². The predicted molar refractivity (Wildman–Crippen MR) is 73.9 cm³/mol. The van der Waals surface area contributed by atoms with Crippen LogP contribution in [0.25, 0.3) is 0 Å². The molecule has 2 rings (SSSR count). The number of ether oxygens (including phenoxy) is 1. The highest BCUT2D eigenvalue weighted by Gasteiger charge is 2.16. The monoisotopic (exact) mass is 348 g/mol. The molecule has 1 aromatic carbocycles. The van der Waals surface area contributed by atoms with Crippen molar-refractivity contribution >= 4 is 27.3 Å². The highest BCUT2D eigenvalue weighted by atomic mass is 79.9. The van der Waals surface area contributed by atoms with E-state index >= 15 is 0 Å². The zero-order valence-electron chi connectivity index (χ0n) is 9.94. The largest absolute Gasteiger partial charge is 0.435 e. The first kappa shape index (κ1) is 14.4. The minimum atomic E-state index is -2.87. The first-order valence-electron chi connectivity index (χ1n) is 5.46. The average molecular weight is 349 g/mol. The Balaban J connectivity index is 2.28. The minimum Gasteiger partial charge on any atom is -0.435 e. The number of rotatable bonds is 4. The maximum absolute atomic E-state index is 12.2. The highest BCUT2D eigenvalue weighted by Crippen LogP contribution is 2.34. The smallest absolute Gasteiger partial charge is 0.387 e. The molecule has 0 saturated heterocycles. The van der Waals surface area contributed by atoms with E-state index in [1.54, 1.807) is 12.1 Å². The molecule has 6 heteroatoms. The van der Waals surface area contributed by atoms with Crippen molar-refractivity contribution in [1.29, 1.82) is 0 Å². The Morgan fingerprint density at radius 2 is 2.05 bits per heavy atom. The van der Waals surface area contributed by atoms with Crippen molar-refractivity contribution in [1.82, 2.24) is 0 Å². The molecule has 0 amide bonds. The SMILES string of the molecule is Cc1sc(Br)cc1C(O)c1cccc(OC(F)F)c1. The number of alkyl halides is 2. The van der Waals surface area contributed by atoms with Crippen molar-refractivity contribution in [2.45, 2.75) is 19.6 Å². The molecule has 19 heavy (non-hydrogen) atoms. The van der Waals surface area contributed by atoms with E-state index in [0.29, 0.717) is 5.56 Å². The number of aliphatic hydroxyl groups is 1. The van der Waals surface area contributed by atoms with Crippen LogP contribution in [0.1, 0.15) is 22.1 Å². The lowest BCUT2D eigenvalue weighted by Crippen LogP contribution is -2.04. The third-order valence-corrected chi connectivity index (χ3v) is 4.19. The van der Waals surface area contributed by atoms with Gasteiger partial charge in [0.2, 0.25) is 0 Å². The van der Waals surface area contributed by atoms with Crippen molar-refractivity contribution in [2.75, 3.05) is 0 Å². The fourth-order valence-corrected chi connectivity index (χ4v) is 3.51. The van der Waals surface area contributed by atoms with E-state index < -0.39 is 12.7 Å². The molecule has 0 radical (unpaired) electrons. The Hall–Kier alpha value is -0.980. The van der Waals surface area contributed by atoms with E-state index in [1.807, 2.05) is 13.0 Å². The second-order valence-electron chi connectivity index (χ2n) is 3.92. The van der Waals surface area contributed by atoms with Gasteiger partial charge in [0.1, 0.15) is 11.9 Å². The van der Waals surface area contributed by atoms with E-state index in [0.717, 1.165) is 14.2 Å². The van der Waals surface area contributed by atoms with Crippen LogP contribution in [0, 0.1) is 6.92 Å². The molecule has 0 aliphatic carbocycles. The van der Waals surface area contributed by atoms with Crippen molar-refractivity contribution in [2.24, 2.45) is 0 Å². The predicted octanol–water partition coefficient (Wildman–Crippen LogP) is 4.50. The molecular formula is C13H11BrF2O2S. The summed E-state index contributed by atoms with van der Waals surface area (Å²) >= 11 is 4.87. The fourth-order valence-electron chi connectivity index (χ4n) is 1.77. The van der Waals surface area contributed by atoms with Gasteiger partial charge in [0, 0.05) is 4.88 Å². The maximum atomic E-state index is 12.2. The summed E-state index contributed by atoms with van der Waals surface area (Å²) in [5, 5.41) is 10.3. The van der Waals surface area contributed by atoms with Crippen molar-refractivity contribution < 1.29 is 18.6 Å². The Kier molecular flexibility index (Phi) is 4.54. The summed E-state index contributed by atoms with van der Waals surface area (Å²) in [6.45, 7) is -0.975. The van der Waals surface area contributed by atoms with E-state index in [9.17, 15) is 13.9 Å². The third-order valence-electron chi connectivity index (χ3n) is 2.62. The van der Waals surface area contributed by atoms with Crippen molar-refractivity contribution in [3.8, 4) is 5.75 Å². The normalized spacial score (nSPS) is 12.7. The molecule has 2 aromatic rings. The summed E-state index contributed by atoms with van der Waals surface area (Å²) in [5.74, 6) is 0.0403. The van der Waals surface area contributed by atoms with Gasteiger partial charge in [0.25, 0.3) is 0 Å². The summed E-state index contributed by atoms with van der Waals surface area (Å²) in [6, 6.07) is 7.92. The highest BCUT2D eigenvalue weighted by molar-refractivity contribution is 9.11. The van der Waals surface area contributed by atoms with Crippen LogP contribution in [-0.4, -0.2) is 11.7 Å². The van der Waals surface area contributed by atoms with Crippen LogP contribution in [0.2, 0.25) is 0 Å². The Bertz CT molecular complexity index is 572. The van der Waals surface area contributed by atoms with Gasteiger partial charge in [-0.25, -0.2) is 0 Å². The molecule has 0 aliphatic rings. The molecule has 1 heterocycles. The standard InChI is InChI=1S/C13H11BrF2O2S/c1-7-10(6-11(14)19-7)12(17)8-3-2-4-9(5-8)18-13(15)16/h2-6,12-13,17H,1H3. The third kappa shape index (κ3) is 3.52. The molecule has 0 aliphatic heterocycles. The quantitative estimate of drug-likeness (QED) is 0.881. The van der Waals surface area contributed by atoms with Crippen LogP contribution in [0.3, 0.4) is 0 Å². The van der Waals surface area contributed by atoms with Gasteiger partial charge in [0.05, 0.1) is 3.79 Å². The first-order valence-corrected chi connectivity index (χ1v) is 7.07. The van der Waals surface area contributed by atoms with Gasteiger partial charge in [0.15, 0.2) is 0 Å². The molecule has 0 saturated carbocycles. The number of aliphatic hydroxyl groups excluding tert-OH is 1. The Morgan fingerprint density at radius 1 is 1.32 bits per heavy atom. The number of aryl methyl sites for hydroxylation is 1. The van der Waals surface area contributed by atoms with Crippen molar-refractivity contribution in [3.05, 3.63) is 50.1 Å². The summed E-state index contributed by atoms with van der Waals surface area (Å²) in [6.07, 6.45) is -0.858. The summed E-state index contributed by atoms with van der Waals surface area (Å²) in [7, 11) is 0. The number of hydrogen-bond acceptors (Lipinski definition) is 3. The number of benzene rings is 1. The molecule has 2 nitrogen and oxygen atoms in total. The molecule has 1 atom stereocenters. The van der Waals surface area contributed by atoms with E-state index in [2.05, 4.69) is 20.7 Å². The fraction of sp³-hybridized carbons (Fsp3) is 0.231. The van der Waals surface area contributed by atoms with E-state index in [4.69, 9.17) is 0 Å². The Labute approximate surface area is 121 Å². The van der Waals surface area contributed by atoms with Crippen LogP contribution < -0.4 is 4.74 Å². The van der Waals surface area contributed by atoms with Crippen LogP contribution in [0.15, 0.2) is 34.1 Å². The van der Waals surface area contributed by atoms with Crippen LogP contribution >= 0.6 is 27.3 Å². The summed E-state index contributed by atoms with van der Waals surface area (Å²) in [4.78, 5) is 0.972. The van der Waals surface area contributed by atoms with Gasteiger partial charge in [-0.15, -0.1) is 11.3 Å². The summed E-state index contributed by atoms with van der Waals surface area (Å²) in [5.41, 5.74) is 1.28. The van der Waals surface area contributed by atoms with Crippen LogP contribution in [0.5, 0.6) is 5.75 Å².